The molecule has 2 fully saturated rings. The second kappa shape index (κ2) is 10.9. The van der Waals surface area contributed by atoms with Gasteiger partial charge in [0, 0.05) is 24.7 Å². The molecule has 8 nitrogen and oxygen atoms in total. The molecule has 36 heavy (non-hydrogen) atoms. The Kier molecular flexibility index (Phi) is 8.00. The Labute approximate surface area is 211 Å². The van der Waals surface area contributed by atoms with Crippen LogP contribution >= 0.6 is 11.3 Å². The lowest BCUT2D eigenvalue weighted by Gasteiger charge is -2.39. The summed E-state index contributed by atoms with van der Waals surface area (Å²) in [6.45, 7) is -0.957. The van der Waals surface area contributed by atoms with Gasteiger partial charge in [0.05, 0.1) is 17.0 Å². The number of carbonyl (C=O) groups excluding carboxylic acids is 2. The molecule has 1 aromatic carbocycles. The van der Waals surface area contributed by atoms with Crippen LogP contribution in [0.2, 0.25) is 0 Å². The predicted molar refractivity (Wildman–Crippen MR) is 128 cm³/mol. The number of aromatic nitrogens is 1. The SMILES string of the molecule is O=C(Nc1nccs1)[C@H](CC1CCCCC1)N1CCN(S(=O)(=O)c2ccccc2C(F)(F)F)CC1=O. The zero-order chi connectivity index (χ0) is 25.9. The molecule has 1 saturated carbocycles. The van der Waals surface area contributed by atoms with Gasteiger partial charge < -0.3 is 10.2 Å². The van der Waals surface area contributed by atoms with E-state index in [1.54, 1.807) is 11.6 Å². The molecule has 2 amide bonds. The van der Waals surface area contributed by atoms with Crippen LogP contribution in [-0.4, -0.2) is 60.1 Å². The van der Waals surface area contributed by atoms with E-state index in [4.69, 9.17) is 0 Å². The van der Waals surface area contributed by atoms with Gasteiger partial charge in [0.15, 0.2) is 5.13 Å². The molecule has 1 aliphatic heterocycles. The fourth-order valence-corrected chi connectivity index (χ4v) is 6.98. The first kappa shape index (κ1) is 26.6. The normalized spacial score (nSPS) is 19.3. The van der Waals surface area contributed by atoms with E-state index < -0.39 is 51.1 Å². The largest absolute Gasteiger partial charge is 0.417 e. The number of piperazine rings is 1. The maximum Gasteiger partial charge on any atom is 0.417 e. The highest BCUT2D eigenvalue weighted by molar-refractivity contribution is 7.89. The van der Waals surface area contributed by atoms with E-state index in [0.717, 1.165) is 48.5 Å². The second-order valence-electron chi connectivity index (χ2n) is 9.00. The third kappa shape index (κ3) is 5.89. The van der Waals surface area contributed by atoms with Crippen molar-refractivity contribution in [1.29, 1.82) is 0 Å². The van der Waals surface area contributed by atoms with Gasteiger partial charge in [0.1, 0.15) is 6.04 Å². The topological polar surface area (TPSA) is 99.7 Å². The number of thiazole rings is 1. The molecule has 1 saturated heterocycles. The number of amides is 2. The summed E-state index contributed by atoms with van der Waals surface area (Å²) in [5, 5.41) is 4.84. The molecule has 2 aromatic rings. The lowest BCUT2D eigenvalue weighted by Crippen LogP contribution is -2.58. The highest BCUT2D eigenvalue weighted by Gasteiger charge is 2.42. The molecule has 2 heterocycles. The highest BCUT2D eigenvalue weighted by atomic mass is 32.2. The number of carbonyl (C=O) groups is 2. The van der Waals surface area contributed by atoms with Crippen LogP contribution < -0.4 is 5.32 Å². The molecular weight excluding hydrogens is 517 g/mol. The van der Waals surface area contributed by atoms with Gasteiger partial charge in [-0.1, -0.05) is 44.2 Å². The van der Waals surface area contributed by atoms with Gasteiger partial charge in [-0.05, 0) is 24.5 Å². The minimum atomic E-state index is -4.87. The van der Waals surface area contributed by atoms with E-state index in [0.29, 0.717) is 17.6 Å². The molecule has 1 atom stereocenters. The lowest BCUT2D eigenvalue weighted by molar-refractivity contribution is -0.142. The summed E-state index contributed by atoms with van der Waals surface area (Å²) >= 11 is 1.24. The summed E-state index contributed by atoms with van der Waals surface area (Å²) in [4.78, 5) is 30.9. The molecule has 196 valence electrons. The number of rotatable bonds is 7. The Balaban J connectivity index is 1.54. The van der Waals surface area contributed by atoms with Crippen molar-refractivity contribution in [2.75, 3.05) is 25.0 Å². The van der Waals surface area contributed by atoms with Crippen LogP contribution in [0, 0.1) is 5.92 Å². The van der Waals surface area contributed by atoms with Crippen LogP contribution in [0.15, 0.2) is 40.7 Å². The van der Waals surface area contributed by atoms with Gasteiger partial charge in [-0.15, -0.1) is 11.3 Å². The average Bonchev–Trinajstić information content (AvgIpc) is 3.36. The zero-order valence-corrected chi connectivity index (χ0v) is 21.0. The number of alkyl halides is 3. The van der Waals surface area contributed by atoms with Gasteiger partial charge in [-0.2, -0.15) is 17.5 Å². The van der Waals surface area contributed by atoms with Crippen molar-refractivity contribution >= 4 is 38.3 Å². The number of benzene rings is 1. The summed E-state index contributed by atoms with van der Waals surface area (Å²) in [5.41, 5.74) is -1.28. The summed E-state index contributed by atoms with van der Waals surface area (Å²) in [6.07, 6.45) is 2.22. The first-order valence-electron chi connectivity index (χ1n) is 11.7. The molecule has 0 radical (unpaired) electrons. The zero-order valence-electron chi connectivity index (χ0n) is 19.4. The Morgan fingerprint density at radius 2 is 1.89 bits per heavy atom. The molecule has 0 unspecified atom stereocenters. The molecule has 4 rings (SSSR count). The Morgan fingerprint density at radius 1 is 1.17 bits per heavy atom. The number of nitrogens with zero attached hydrogens (tertiary/aromatic N) is 3. The Hall–Kier alpha value is -2.51. The summed E-state index contributed by atoms with van der Waals surface area (Å²) < 4.78 is 67.3. The van der Waals surface area contributed by atoms with E-state index in [1.807, 2.05) is 0 Å². The Morgan fingerprint density at radius 3 is 2.53 bits per heavy atom. The minimum absolute atomic E-state index is 0.102. The third-order valence-electron chi connectivity index (χ3n) is 6.66. The van der Waals surface area contributed by atoms with Crippen molar-refractivity contribution in [2.45, 2.75) is 55.6 Å². The van der Waals surface area contributed by atoms with Crippen LogP contribution in [-0.2, 0) is 25.8 Å². The van der Waals surface area contributed by atoms with E-state index in [1.165, 1.54) is 22.3 Å². The van der Waals surface area contributed by atoms with Crippen LogP contribution in [0.3, 0.4) is 0 Å². The number of halogens is 3. The smallest absolute Gasteiger partial charge is 0.328 e. The Bertz CT molecular complexity index is 1180. The summed E-state index contributed by atoms with van der Waals surface area (Å²) in [7, 11) is -4.59. The summed E-state index contributed by atoms with van der Waals surface area (Å²) in [6, 6.07) is 3.10. The van der Waals surface area contributed by atoms with Crippen LogP contribution in [0.5, 0.6) is 0 Å². The maximum absolute atomic E-state index is 13.5. The number of anilines is 1. The predicted octanol–water partition coefficient (Wildman–Crippen LogP) is 3.97. The minimum Gasteiger partial charge on any atom is -0.328 e. The van der Waals surface area contributed by atoms with Gasteiger partial charge in [-0.3, -0.25) is 9.59 Å². The number of sulfonamides is 1. The molecule has 2 aliphatic rings. The summed E-state index contributed by atoms with van der Waals surface area (Å²) in [5.74, 6) is -0.772. The molecule has 13 heteroatoms. The van der Waals surface area contributed by atoms with Crippen molar-refractivity contribution in [2.24, 2.45) is 5.92 Å². The maximum atomic E-state index is 13.5. The third-order valence-corrected chi connectivity index (χ3v) is 9.25. The molecule has 0 spiro atoms. The average molecular weight is 545 g/mol. The van der Waals surface area contributed by atoms with Crippen LogP contribution in [0.4, 0.5) is 18.3 Å². The van der Waals surface area contributed by atoms with Gasteiger partial charge >= 0.3 is 6.18 Å². The van der Waals surface area contributed by atoms with Gasteiger partial charge in [-0.25, -0.2) is 13.4 Å². The van der Waals surface area contributed by atoms with Crippen LogP contribution in [0.25, 0.3) is 0 Å². The van der Waals surface area contributed by atoms with Crippen molar-refractivity contribution in [3.8, 4) is 0 Å². The van der Waals surface area contributed by atoms with Crippen LogP contribution in [0.1, 0.15) is 44.1 Å². The first-order chi connectivity index (χ1) is 17.1. The van der Waals surface area contributed by atoms with Crippen molar-refractivity contribution in [3.63, 3.8) is 0 Å². The molecule has 1 aliphatic carbocycles. The molecule has 1 N–H and O–H groups in total. The fraction of sp³-hybridized carbons (Fsp3) is 0.522. The van der Waals surface area contributed by atoms with E-state index in [9.17, 15) is 31.2 Å². The van der Waals surface area contributed by atoms with E-state index >= 15 is 0 Å². The van der Waals surface area contributed by atoms with Crippen molar-refractivity contribution < 1.29 is 31.2 Å². The van der Waals surface area contributed by atoms with Gasteiger partial charge in [0.2, 0.25) is 21.8 Å². The lowest BCUT2D eigenvalue weighted by atomic mass is 9.84. The molecular formula is C23H27F3N4O4S2. The van der Waals surface area contributed by atoms with Crippen molar-refractivity contribution in [3.05, 3.63) is 41.4 Å². The standard InChI is InChI=1S/C23H27F3N4O4S2/c24-23(25,26)17-8-4-5-9-19(17)36(33,34)29-11-12-30(20(31)15-29)18(14-16-6-2-1-3-7-16)21(32)28-22-27-10-13-35-22/h4-5,8-10,13,16,18H,1-3,6-7,11-12,14-15H2,(H,27,28,32)/t18-/m0/s1. The first-order valence-corrected chi connectivity index (χ1v) is 14.1. The highest BCUT2D eigenvalue weighted by Crippen LogP contribution is 2.36. The second-order valence-corrected chi connectivity index (χ2v) is 11.8. The van der Waals surface area contributed by atoms with Crippen molar-refractivity contribution in [1.82, 2.24) is 14.2 Å². The van der Waals surface area contributed by atoms with E-state index in [2.05, 4.69) is 10.3 Å². The number of hydrogen-bond acceptors (Lipinski definition) is 6. The molecule has 0 bridgehead atoms. The van der Waals surface area contributed by atoms with Gasteiger partial charge in [0.25, 0.3) is 0 Å². The number of nitrogens with one attached hydrogen (secondary N) is 1. The molecule has 1 aromatic heterocycles. The monoisotopic (exact) mass is 544 g/mol. The fourth-order valence-electron chi connectivity index (χ4n) is 4.85. The number of hydrogen-bond donors (Lipinski definition) is 1. The van der Waals surface area contributed by atoms with E-state index in [-0.39, 0.29) is 19.0 Å². The quantitative estimate of drug-likeness (QED) is 0.569.